The number of hydrogen-bond acceptors (Lipinski definition) is 8. The molecule has 0 aliphatic rings. The molecule has 10 heteroatoms. The maximum Gasteiger partial charge on any atom is 0.341 e. The zero-order valence-corrected chi connectivity index (χ0v) is 17.8. The molecule has 2 amide bonds. The van der Waals surface area contributed by atoms with Gasteiger partial charge < -0.3 is 20.1 Å². The van der Waals surface area contributed by atoms with Crippen LogP contribution in [-0.4, -0.2) is 55.2 Å². The summed E-state index contributed by atoms with van der Waals surface area (Å²) in [5.41, 5.74) is 2.00. The molecule has 3 rings (SSSR count). The molecule has 2 heterocycles. The highest BCUT2D eigenvalue weighted by Crippen LogP contribution is 2.26. The first kappa shape index (κ1) is 22.6. The lowest BCUT2D eigenvalue weighted by atomic mass is 10.00. The molecule has 32 heavy (non-hydrogen) atoms. The van der Waals surface area contributed by atoms with E-state index in [4.69, 9.17) is 9.47 Å². The van der Waals surface area contributed by atoms with Gasteiger partial charge in [-0.05, 0) is 43.3 Å². The van der Waals surface area contributed by atoms with E-state index in [-0.39, 0.29) is 17.4 Å². The lowest BCUT2D eigenvalue weighted by Crippen LogP contribution is -2.36. The van der Waals surface area contributed by atoms with Crippen LogP contribution in [0.25, 0.3) is 10.9 Å². The molecule has 0 fully saturated rings. The van der Waals surface area contributed by atoms with E-state index in [1.165, 1.54) is 26.5 Å². The SMILES string of the molecule is CN[C@@H](Cc1ccc(NC(=O)Nc2ncccc2C(=O)OC)c2ncccc12)C(=O)OC. The molecule has 0 aliphatic heterocycles. The van der Waals surface area contributed by atoms with Crippen LogP contribution in [0.4, 0.5) is 16.3 Å². The van der Waals surface area contributed by atoms with Crippen LogP contribution in [0.1, 0.15) is 15.9 Å². The summed E-state index contributed by atoms with van der Waals surface area (Å²) in [6.45, 7) is 0. The fourth-order valence-corrected chi connectivity index (χ4v) is 3.22. The van der Waals surface area contributed by atoms with Crippen LogP contribution in [0.3, 0.4) is 0 Å². The maximum absolute atomic E-state index is 12.6. The van der Waals surface area contributed by atoms with Crippen LogP contribution in [0.15, 0.2) is 48.8 Å². The van der Waals surface area contributed by atoms with Gasteiger partial charge in [-0.3, -0.25) is 15.1 Å². The first-order valence-electron chi connectivity index (χ1n) is 9.71. The maximum atomic E-state index is 12.6. The van der Waals surface area contributed by atoms with Crippen LogP contribution >= 0.6 is 0 Å². The number of likely N-dealkylation sites (N-methyl/N-ethyl adjacent to an activating group) is 1. The van der Waals surface area contributed by atoms with Gasteiger partial charge in [0.1, 0.15) is 17.4 Å². The first-order chi connectivity index (χ1) is 15.5. The second-order valence-corrected chi connectivity index (χ2v) is 6.71. The zero-order valence-electron chi connectivity index (χ0n) is 17.8. The molecule has 166 valence electrons. The van der Waals surface area contributed by atoms with Crippen molar-refractivity contribution in [3.63, 3.8) is 0 Å². The number of amides is 2. The largest absolute Gasteiger partial charge is 0.468 e. The quantitative estimate of drug-likeness (QED) is 0.480. The van der Waals surface area contributed by atoms with Gasteiger partial charge in [0.25, 0.3) is 0 Å². The van der Waals surface area contributed by atoms with E-state index in [2.05, 4.69) is 25.9 Å². The molecule has 1 atom stereocenters. The lowest BCUT2D eigenvalue weighted by Gasteiger charge is -2.16. The number of methoxy groups -OCH3 is 2. The lowest BCUT2D eigenvalue weighted by molar-refractivity contribution is -0.142. The highest BCUT2D eigenvalue weighted by atomic mass is 16.5. The summed E-state index contributed by atoms with van der Waals surface area (Å²) >= 11 is 0. The molecule has 0 bridgehead atoms. The Morgan fingerprint density at radius 2 is 1.72 bits per heavy atom. The molecular formula is C22H23N5O5. The number of carbonyl (C=O) groups is 3. The van der Waals surface area contributed by atoms with E-state index < -0.39 is 18.0 Å². The third kappa shape index (κ3) is 4.98. The van der Waals surface area contributed by atoms with Crippen molar-refractivity contribution in [2.75, 3.05) is 31.9 Å². The van der Waals surface area contributed by atoms with Crippen molar-refractivity contribution in [3.05, 3.63) is 59.9 Å². The monoisotopic (exact) mass is 437 g/mol. The molecular weight excluding hydrogens is 414 g/mol. The number of nitrogens with zero attached hydrogens (tertiary/aromatic N) is 2. The predicted molar refractivity (Wildman–Crippen MR) is 119 cm³/mol. The van der Waals surface area contributed by atoms with Crippen molar-refractivity contribution < 1.29 is 23.9 Å². The van der Waals surface area contributed by atoms with E-state index in [0.29, 0.717) is 17.6 Å². The molecule has 10 nitrogen and oxygen atoms in total. The Bertz CT molecular complexity index is 1150. The number of urea groups is 1. The summed E-state index contributed by atoms with van der Waals surface area (Å²) < 4.78 is 9.55. The first-order valence-corrected chi connectivity index (χ1v) is 9.71. The highest BCUT2D eigenvalue weighted by molar-refractivity contribution is 6.07. The van der Waals surface area contributed by atoms with Crippen molar-refractivity contribution in [1.29, 1.82) is 0 Å². The van der Waals surface area contributed by atoms with Crippen LogP contribution in [-0.2, 0) is 20.7 Å². The fourth-order valence-electron chi connectivity index (χ4n) is 3.22. The van der Waals surface area contributed by atoms with Crippen molar-refractivity contribution >= 4 is 40.4 Å². The molecule has 1 aromatic carbocycles. The Labute approximate surface area is 184 Å². The van der Waals surface area contributed by atoms with Gasteiger partial charge in [0.15, 0.2) is 0 Å². The van der Waals surface area contributed by atoms with E-state index in [0.717, 1.165) is 10.9 Å². The molecule has 2 aromatic heterocycles. The average molecular weight is 437 g/mol. The third-order valence-corrected chi connectivity index (χ3v) is 4.81. The molecule has 0 saturated heterocycles. The Kier molecular flexibility index (Phi) is 7.29. The summed E-state index contributed by atoms with van der Waals surface area (Å²) in [7, 11) is 4.27. The van der Waals surface area contributed by atoms with Gasteiger partial charge in [0, 0.05) is 17.8 Å². The number of rotatable bonds is 7. The minimum absolute atomic E-state index is 0.0701. The molecule has 0 unspecified atom stereocenters. The molecule has 0 aliphatic carbocycles. The molecule has 0 spiro atoms. The average Bonchev–Trinajstić information content (AvgIpc) is 2.83. The number of fused-ring (bicyclic) bond motifs is 1. The van der Waals surface area contributed by atoms with Crippen LogP contribution in [0.5, 0.6) is 0 Å². The van der Waals surface area contributed by atoms with Gasteiger partial charge in [-0.25, -0.2) is 14.6 Å². The number of carbonyl (C=O) groups excluding carboxylic acids is 3. The van der Waals surface area contributed by atoms with Gasteiger partial charge in [0.05, 0.1) is 25.4 Å². The number of ether oxygens (including phenoxy) is 2. The Hall–Kier alpha value is -4.05. The number of hydrogen-bond donors (Lipinski definition) is 3. The van der Waals surface area contributed by atoms with Gasteiger partial charge >= 0.3 is 18.0 Å². The van der Waals surface area contributed by atoms with Crippen molar-refractivity contribution in [2.45, 2.75) is 12.5 Å². The minimum atomic E-state index is -0.616. The molecule has 0 saturated carbocycles. The van der Waals surface area contributed by atoms with Gasteiger partial charge in [0.2, 0.25) is 0 Å². The predicted octanol–water partition coefficient (Wildman–Crippen LogP) is 2.36. The third-order valence-electron chi connectivity index (χ3n) is 4.81. The van der Waals surface area contributed by atoms with Gasteiger partial charge in [-0.1, -0.05) is 12.1 Å². The number of esters is 2. The molecule has 3 N–H and O–H groups in total. The van der Waals surface area contributed by atoms with E-state index in [1.54, 1.807) is 31.4 Å². The van der Waals surface area contributed by atoms with Crippen LogP contribution in [0.2, 0.25) is 0 Å². The Morgan fingerprint density at radius 3 is 2.44 bits per heavy atom. The summed E-state index contributed by atoms with van der Waals surface area (Å²) in [6, 6.07) is 9.10. The van der Waals surface area contributed by atoms with Crippen molar-refractivity contribution in [3.8, 4) is 0 Å². The second-order valence-electron chi connectivity index (χ2n) is 6.71. The number of benzene rings is 1. The normalized spacial score (nSPS) is 11.5. The Balaban J connectivity index is 1.86. The van der Waals surface area contributed by atoms with E-state index in [9.17, 15) is 14.4 Å². The van der Waals surface area contributed by atoms with Crippen molar-refractivity contribution in [1.82, 2.24) is 15.3 Å². The summed E-state index contributed by atoms with van der Waals surface area (Å²) in [5, 5.41) is 9.01. The summed E-state index contributed by atoms with van der Waals surface area (Å²) in [5.74, 6) is -0.918. The topological polar surface area (TPSA) is 132 Å². The standard InChI is InChI=1S/C22H23N5O5/c1-23-17(21(29)32-3)12-13-8-9-16(18-14(13)6-4-10-24-18)26-22(30)27-19-15(20(28)31-2)7-5-11-25-19/h4-11,17,23H,12H2,1-3H3,(H2,25,26,27,30)/t17-/m0/s1. The smallest absolute Gasteiger partial charge is 0.341 e. The minimum Gasteiger partial charge on any atom is -0.468 e. The van der Waals surface area contributed by atoms with Crippen LogP contribution < -0.4 is 16.0 Å². The number of aromatic nitrogens is 2. The van der Waals surface area contributed by atoms with Crippen molar-refractivity contribution in [2.24, 2.45) is 0 Å². The number of nitrogens with one attached hydrogen (secondary N) is 3. The van der Waals surface area contributed by atoms with E-state index in [1.807, 2.05) is 12.1 Å². The molecule has 0 radical (unpaired) electrons. The summed E-state index contributed by atoms with van der Waals surface area (Å²) in [6.07, 6.45) is 3.45. The zero-order chi connectivity index (χ0) is 23.1. The highest BCUT2D eigenvalue weighted by Gasteiger charge is 2.20. The molecule has 3 aromatic rings. The number of anilines is 2. The fraction of sp³-hybridized carbons (Fsp3) is 0.227. The van der Waals surface area contributed by atoms with Crippen LogP contribution in [0, 0.1) is 0 Å². The summed E-state index contributed by atoms with van der Waals surface area (Å²) in [4.78, 5) is 44.9. The Morgan fingerprint density at radius 1 is 0.969 bits per heavy atom. The van der Waals surface area contributed by atoms with Gasteiger partial charge in [-0.15, -0.1) is 0 Å². The van der Waals surface area contributed by atoms with E-state index >= 15 is 0 Å². The second kappa shape index (κ2) is 10.3. The number of pyridine rings is 2. The van der Waals surface area contributed by atoms with Gasteiger partial charge in [-0.2, -0.15) is 0 Å².